The number of hydrogen-bond acceptors (Lipinski definition) is 2. The first kappa shape index (κ1) is 19.0. The second kappa shape index (κ2) is 5.80. The van der Waals surface area contributed by atoms with Crippen molar-refractivity contribution in [1.82, 2.24) is 0 Å². The summed E-state index contributed by atoms with van der Waals surface area (Å²) in [6.45, 7) is 8.96. The van der Waals surface area contributed by atoms with E-state index >= 15 is 0 Å². The molecule has 2 atom stereocenters. The van der Waals surface area contributed by atoms with Crippen molar-refractivity contribution in [1.29, 1.82) is 0 Å². The summed E-state index contributed by atoms with van der Waals surface area (Å²) in [7, 11) is 0. The van der Waals surface area contributed by atoms with E-state index in [9.17, 15) is 10.2 Å². The molecule has 2 nitrogen and oxygen atoms in total. The molecule has 0 aliphatic heterocycles. The van der Waals surface area contributed by atoms with Gasteiger partial charge in [0, 0.05) is 0 Å². The molecule has 4 saturated carbocycles. The summed E-state index contributed by atoms with van der Waals surface area (Å²) < 4.78 is 0. The largest absolute Gasteiger partial charge is 0.508 e. The first-order valence-corrected chi connectivity index (χ1v) is 11.2. The van der Waals surface area contributed by atoms with Crippen molar-refractivity contribution in [2.75, 3.05) is 0 Å². The number of phenolic OH excluding ortho intramolecular Hbond substituents is 2. The molecule has 4 aliphatic carbocycles. The van der Waals surface area contributed by atoms with Crippen LogP contribution < -0.4 is 0 Å². The van der Waals surface area contributed by atoms with Gasteiger partial charge in [-0.2, -0.15) is 0 Å². The Morgan fingerprint density at radius 1 is 0.724 bits per heavy atom. The molecule has 4 bridgehead atoms. The molecule has 29 heavy (non-hydrogen) atoms. The molecule has 2 unspecified atom stereocenters. The Kier molecular flexibility index (Phi) is 3.81. The van der Waals surface area contributed by atoms with Crippen molar-refractivity contribution < 1.29 is 10.2 Å². The van der Waals surface area contributed by atoms with E-state index in [1.165, 1.54) is 56.1 Å². The summed E-state index contributed by atoms with van der Waals surface area (Å²) in [5, 5.41) is 20.3. The number of hydrogen-bond donors (Lipinski definition) is 2. The van der Waals surface area contributed by atoms with E-state index in [-0.39, 0.29) is 10.8 Å². The van der Waals surface area contributed by atoms with Gasteiger partial charge in [0.25, 0.3) is 0 Å². The SMILES string of the molecule is CCC12CC3(C)CC(c4ccc(O)c(C)c4)(C1)CC(c1ccc(O)c(C)c1)(C3)C2. The fraction of sp³-hybridized carbons (Fsp3) is 0.556. The molecule has 2 aromatic carbocycles. The van der Waals surface area contributed by atoms with Crippen LogP contribution in [0.25, 0.3) is 0 Å². The molecule has 2 heteroatoms. The zero-order valence-electron chi connectivity index (χ0n) is 18.3. The molecular formula is C27H34O2. The molecule has 2 N–H and O–H groups in total. The predicted octanol–water partition coefficient (Wildman–Crippen LogP) is 6.67. The smallest absolute Gasteiger partial charge is 0.118 e. The molecular weight excluding hydrogens is 356 g/mol. The van der Waals surface area contributed by atoms with Crippen LogP contribution in [-0.2, 0) is 10.8 Å². The number of benzene rings is 2. The number of aryl methyl sites for hydroxylation is 2. The van der Waals surface area contributed by atoms with Gasteiger partial charge in [-0.3, -0.25) is 0 Å². The van der Waals surface area contributed by atoms with Gasteiger partial charge in [0.05, 0.1) is 0 Å². The first-order chi connectivity index (χ1) is 13.6. The van der Waals surface area contributed by atoms with E-state index in [1.54, 1.807) is 0 Å². The highest BCUT2D eigenvalue weighted by Crippen LogP contribution is 2.75. The summed E-state index contributed by atoms with van der Waals surface area (Å²) in [6, 6.07) is 12.7. The lowest BCUT2D eigenvalue weighted by Crippen LogP contribution is -2.63. The van der Waals surface area contributed by atoms with Crippen molar-refractivity contribution in [3.8, 4) is 11.5 Å². The van der Waals surface area contributed by atoms with Crippen molar-refractivity contribution in [3.63, 3.8) is 0 Å². The molecule has 0 amide bonds. The Labute approximate surface area is 175 Å². The van der Waals surface area contributed by atoms with E-state index in [4.69, 9.17) is 0 Å². The van der Waals surface area contributed by atoms with Crippen LogP contribution in [0.15, 0.2) is 36.4 Å². The average molecular weight is 391 g/mol. The Hall–Kier alpha value is -1.96. The lowest BCUT2D eigenvalue weighted by atomic mass is 9.33. The van der Waals surface area contributed by atoms with Gasteiger partial charge >= 0.3 is 0 Å². The summed E-state index contributed by atoms with van der Waals surface area (Å²) >= 11 is 0. The molecule has 2 aromatic rings. The van der Waals surface area contributed by atoms with Gasteiger partial charge < -0.3 is 10.2 Å². The van der Waals surface area contributed by atoms with E-state index < -0.39 is 0 Å². The van der Waals surface area contributed by atoms with E-state index in [0.29, 0.717) is 22.3 Å². The third-order valence-corrected chi connectivity index (χ3v) is 8.80. The third-order valence-electron chi connectivity index (χ3n) is 8.80. The Morgan fingerprint density at radius 3 is 1.62 bits per heavy atom. The van der Waals surface area contributed by atoms with E-state index in [1.807, 2.05) is 26.0 Å². The topological polar surface area (TPSA) is 40.5 Å². The lowest BCUT2D eigenvalue weighted by Gasteiger charge is -2.71. The minimum atomic E-state index is 0.184. The van der Waals surface area contributed by atoms with Gasteiger partial charge in [-0.25, -0.2) is 0 Å². The molecule has 154 valence electrons. The normalized spacial score (nSPS) is 37.8. The summed E-state index contributed by atoms with van der Waals surface area (Å²) in [5.41, 5.74) is 5.94. The zero-order chi connectivity index (χ0) is 20.7. The van der Waals surface area contributed by atoms with Gasteiger partial charge in [-0.1, -0.05) is 44.5 Å². The maximum Gasteiger partial charge on any atom is 0.118 e. The monoisotopic (exact) mass is 390 g/mol. The van der Waals surface area contributed by atoms with Crippen LogP contribution >= 0.6 is 0 Å². The Balaban J connectivity index is 1.70. The second-order valence-corrected chi connectivity index (χ2v) is 11.3. The third kappa shape index (κ3) is 2.67. The fourth-order valence-corrected chi connectivity index (χ4v) is 8.33. The number of aromatic hydroxyl groups is 2. The van der Waals surface area contributed by atoms with E-state index in [2.05, 4.69) is 38.1 Å². The van der Waals surface area contributed by atoms with Crippen LogP contribution in [0, 0.1) is 24.7 Å². The molecule has 4 fully saturated rings. The molecule has 0 heterocycles. The maximum atomic E-state index is 10.1. The highest BCUT2D eigenvalue weighted by Gasteiger charge is 2.66. The fourth-order valence-electron chi connectivity index (χ4n) is 8.33. The molecule has 0 radical (unpaired) electrons. The second-order valence-electron chi connectivity index (χ2n) is 11.3. The Bertz CT molecular complexity index is 921. The van der Waals surface area contributed by atoms with Crippen molar-refractivity contribution in [2.45, 2.75) is 83.5 Å². The van der Waals surface area contributed by atoms with Crippen LogP contribution in [0.3, 0.4) is 0 Å². The minimum Gasteiger partial charge on any atom is -0.508 e. The molecule has 6 rings (SSSR count). The van der Waals surface area contributed by atoms with Gasteiger partial charge in [0.2, 0.25) is 0 Å². The Morgan fingerprint density at radius 2 is 1.21 bits per heavy atom. The highest BCUT2D eigenvalue weighted by molar-refractivity contribution is 5.46. The number of phenols is 2. The standard InChI is InChI=1S/C27H34O2/c1-5-25-12-24(4)13-26(15-25,20-6-8-22(28)18(2)10-20)17-27(14-24,16-25)21-7-9-23(29)19(3)11-21/h6-11,28-29H,5,12-17H2,1-4H3. The maximum absolute atomic E-state index is 10.1. The van der Waals surface area contributed by atoms with Crippen LogP contribution in [-0.4, -0.2) is 10.2 Å². The van der Waals surface area contributed by atoms with Crippen LogP contribution in [0.4, 0.5) is 0 Å². The minimum absolute atomic E-state index is 0.184. The molecule has 0 aromatic heterocycles. The summed E-state index contributed by atoms with van der Waals surface area (Å²) in [4.78, 5) is 0. The zero-order valence-corrected chi connectivity index (χ0v) is 18.3. The first-order valence-electron chi connectivity index (χ1n) is 11.2. The lowest BCUT2D eigenvalue weighted by molar-refractivity contribution is -0.136. The summed E-state index contributed by atoms with van der Waals surface area (Å²) in [6.07, 6.45) is 8.82. The number of rotatable bonds is 3. The van der Waals surface area contributed by atoms with Gasteiger partial charge in [-0.15, -0.1) is 0 Å². The van der Waals surface area contributed by atoms with Crippen molar-refractivity contribution >= 4 is 0 Å². The van der Waals surface area contributed by atoms with Crippen LogP contribution in [0.1, 0.15) is 81.0 Å². The van der Waals surface area contributed by atoms with Crippen molar-refractivity contribution in [3.05, 3.63) is 58.7 Å². The van der Waals surface area contributed by atoms with Gasteiger partial charge in [-0.05, 0) is 108 Å². The summed E-state index contributed by atoms with van der Waals surface area (Å²) in [5.74, 6) is 0.803. The predicted molar refractivity (Wildman–Crippen MR) is 118 cm³/mol. The molecule has 4 aliphatic rings. The quantitative estimate of drug-likeness (QED) is 0.614. The highest BCUT2D eigenvalue weighted by atomic mass is 16.3. The van der Waals surface area contributed by atoms with Gasteiger partial charge in [0.1, 0.15) is 11.5 Å². The van der Waals surface area contributed by atoms with Crippen molar-refractivity contribution in [2.24, 2.45) is 10.8 Å². The van der Waals surface area contributed by atoms with Crippen LogP contribution in [0.2, 0.25) is 0 Å². The van der Waals surface area contributed by atoms with E-state index in [0.717, 1.165) is 11.1 Å². The molecule has 0 saturated heterocycles. The van der Waals surface area contributed by atoms with Crippen LogP contribution in [0.5, 0.6) is 11.5 Å². The molecule has 0 spiro atoms. The average Bonchev–Trinajstić information content (AvgIpc) is 2.64. The van der Waals surface area contributed by atoms with Gasteiger partial charge in [0.15, 0.2) is 0 Å².